The van der Waals surface area contributed by atoms with Crippen LogP contribution in [0.25, 0.3) is 10.2 Å². The number of nitrogens with zero attached hydrogens (tertiary/aromatic N) is 2. The van der Waals surface area contributed by atoms with E-state index < -0.39 is 0 Å². The third-order valence-corrected chi connectivity index (χ3v) is 4.26. The molecule has 0 bridgehead atoms. The number of aryl methyl sites for hydroxylation is 1. The minimum atomic E-state index is -0.319. The lowest BCUT2D eigenvalue weighted by Gasteiger charge is -2.10. The Bertz CT molecular complexity index is 698. The number of thiophene rings is 1. The molecule has 1 N–H and O–H groups in total. The highest BCUT2D eigenvalue weighted by atomic mass is 35.5. The number of hydrogen-bond donors (Lipinski definition) is 1. The summed E-state index contributed by atoms with van der Waals surface area (Å²) in [6, 6.07) is 0.199. The topological polar surface area (TPSA) is 64.1 Å². The zero-order chi connectivity index (χ0) is 16.4. The number of halogens is 1. The zero-order valence-electron chi connectivity index (χ0n) is 13.4. The third-order valence-electron chi connectivity index (χ3n) is 2.92. The van der Waals surface area contributed by atoms with Gasteiger partial charge < -0.3 is 10.1 Å². The van der Waals surface area contributed by atoms with Crippen LogP contribution in [0.5, 0.6) is 0 Å². The number of aromatic nitrogens is 2. The molecule has 0 saturated heterocycles. The van der Waals surface area contributed by atoms with Crippen LogP contribution in [0, 0.1) is 12.8 Å². The molecule has 22 heavy (non-hydrogen) atoms. The summed E-state index contributed by atoms with van der Waals surface area (Å²) in [6.07, 6.45) is 0. The van der Waals surface area contributed by atoms with E-state index in [9.17, 15) is 4.79 Å². The zero-order valence-corrected chi connectivity index (χ0v) is 14.9. The Hall–Kier alpha value is -1.40. The van der Waals surface area contributed by atoms with Crippen LogP contribution in [-0.4, -0.2) is 28.6 Å². The van der Waals surface area contributed by atoms with Crippen molar-refractivity contribution in [2.24, 2.45) is 5.92 Å². The van der Waals surface area contributed by atoms with Crippen LogP contribution in [0.15, 0.2) is 0 Å². The Morgan fingerprint density at radius 2 is 2.00 bits per heavy atom. The van der Waals surface area contributed by atoms with Crippen LogP contribution in [0.3, 0.4) is 0 Å². The number of ether oxygens (including phenoxy) is 1. The van der Waals surface area contributed by atoms with Crippen molar-refractivity contribution in [1.29, 1.82) is 0 Å². The molecule has 0 saturated carbocycles. The lowest BCUT2D eigenvalue weighted by Crippen LogP contribution is -2.12. The Morgan fingerprint density at radius 1 is 1.32 bits per heavy atom. The smallest absolute Gasteiger partial charge is 0.348 e. The molecule has 0 spiro atoms. The summed E-state index contributed by atoms with van der Waals surface area (Å²) in [5.41, 5.74) is 0.827. The quantitative estimate of drug-likeness (QED) is 0.649. The molecule has 0 aliphatic rings. The molecular weight excluding hydrogens is 322 g/mol. The van der Waals surface area contributed by atoms with Crippen LogP contribution in [0.2, 0.25) is 5.28 Å². The van der Waals surface area contributed by atoms with Gasteiger partial charge in [-0.2, -0.15) is 0 Å². The lowest BCUT2D eigenvalue weighted by atomic mass is 10.2. The average Bonchev–Trinajstić information content (AvgIpc) is 2.72. The van der Waals surface area contributed by atoms with E-state index in [-0.39, 0.29) is 17.3 Å². The number of esters is 1. The van der Waals surface area contributed by atoms with Crippen LogP contribution >= 0.6 is 22.9 Å². The lowest BCUT2D eigenvalue weighted by molar-refractivity contribution is 0.0464. The summed E-state index contributed by atoms with van der Waals surface area (Å²) >= 11 is 7.27. The first-order valence-corrected chi connectivity index (χ1v) is 8.39. The van der Waals surface area contributed by atoms with Crippen molar-refractivity contribution < 1.29 is 9.53 Å². The largest absolute Gasteiger partial charge is 0.461 e. The van der Waals surface area contributed by atoms with Crippen molar-refractivity contribution in [2.75, 3.05) is 11.9 Å². The van der Waals surface area contributed by atoms with Gasteiger partial charge in [-0.15, -0.1) is 11.3 Å². The van der Waals surface area contributed by atoms with E-state index in [1.807, 2.05) is 34.6 Å². The van der Waals surface area contributed by atoms with Crippen LogP contribution in [0.1, 0.15) is 42.9 Å². The Kier molecular flexibility index (Phi) is 5.24. The van der Waals surface area contributed by atoms with Gasteiger partial charge in [0, 0.05) is 6.04 Å². The third kappa shape index (κ3) is 3.67. The molecule has 2 aromatic rings. The highest BCUT2D eigenvalue weighted by molar-refractivity contribution is 7.20. The number of fused-ring (bicyclic) bond motifs is 1. The maximum absolute atomic E-state index is 12.2. The number of hydrogen-bond acceptors (Lipinski definition) is 6. The molecule has 2 heterocycles. The summed E-state index contributed by atoms with van der Waals surface area (Å²) in [5.74, 6) is 0.633. The van der Waals surface area contributed by atoms with Gasteiger partial charge >= 0.3 is 5.97 Å². The van der Waals surface area contributed by atoms with Crippen LogP contribution < -0.4 is 5.32 Å². The SMILES string of the molecule is Cc1c(C(=O)OCC(C)C)sc2nc(Cl)nc(NC(C)C)c12. The minimum Gasteiger partial charge on any atom is -0.461 e. The van der Waals surface area contributed by atoms with Gasteiger partial charge in [0.2, 0.25) is 5.28 Å². The summed E-state index contributed by atoms with van der Waals surface area (Å²) < 4.78 is 5.32. The van der Waals surface area contributed by atoms with E-state index >= 15 is 0 Å². The molecule has 0 radical (unpaired) electrons. The summed E-state index contributed by atoms with van der Waals surface area (Å²) in [4.78, 5) is 22.0. The molecule has 0 atom stereocenters. The Balaban J connectivity index is 2.46. The second-order valence-corrected chi connectivity index (χ2v) is 7.21. The van der Waals surface area contributed by atoms with E-state index in [2.05, 4.69) is 15.3 Å². The maximum atomic E-state index is 12.2. The van der Waals surface area contributed by atoms with E-state index in [0.717, 1.165) is 10.9 Å². The number of rotatable bonds is 5. The predicted molar refractivity (Wildman–Crippen MR) is 91.0 cm³/mol. The van der Waals surface area contributed by atoms with Crippen molar-refractivity contribution in [3.05, 3.63) is 15.7 Å². The molecule has 7 heteroatoms. The molecule has 0 aliphatic heterocycles. The van der Waals surface area contributed by atoms with Gasteiger partial charge in [-0.25, -0.2) is 14.8 Å². The number of nitrogens with one attached hydrogen (secondary N) is 1. The van der Waals surface area contributed by atoms with Gasteiger partial charge in [0.25, 0.3) is 0 Å². The van der Waals surface area contributed by atoms with Crippen molar-refractivity contribution in [1.82, 2.24) is 9.97 Å². The van der Waals surface area contributed by atoms with Gasteiger partial charge in [-0.05, 0) is 43.9 Å². The minimum absolute atomic E-state index is 0.166. The van der Waals surface area contributed by atoms with E-state index in [1.165, 1.54) is 11.3 Å². The summed E-state index contributed by atoms with van der Waals surface area (Å²) in [6.45, 7) is 10.3. The summed E-state index contributed by atoms with van der Waals surface area (Å²) in [5, 5.41) is 4.25. The van der Waals surface area contributed by atoms with Gasteiger partial charge in [0.15, 0.2) is 0 Å². The summed E-state index contributed by atoms with van der Waals surface area (Å²) in [7, 11) is 0. The fraction of sp³-hybridized carbons (Fsp3) is 0.533. The highest BCUT2D eigenvalue weighted by Gasteiger charge is 2.21. The molecule has 0 fully saturated rings. The van der Waals surface area contributed by atoms with Crippen molar-refractivity contribution in [2.45, 2.75) is 40.7 Å². The van der Waals surface area contributed by atoms with Crippen LogP contribution in [0.4, 0.5) is 5.82 Å². The van der Waals surface area contributed by atoms with Crippen LogP contribution in [-0.2, 0) is 4.74 Å². The maximum Gasteiger partial charge on any atom is 0.348 e. The van der Waals surface area contributed by atoms with Gasteiger partial charge in [-0.3, -0.25) is 0 Å². The molecule has 0 aromatic carbocycles. The monoisotopic (exact) mass is 341 g/mol. The van der Waals surface area contributed by atoms with Crippen molar-refractivity contribution >= 4 is 44.9 Å². The molecule has 0 amide bonds. The normalized spacial score (nSPS) is 11.5. The van der Waals surface area contributed by atoms with E-state index in [1.54, 1.807) is 0 Å². The molecule has 120 valence electrons. The molecule has 5 nitrogen and oxygen atoms in total. The second-order valence-electron chi connectivity index (χ2n) is 5.87. The second kappa shape index (κ2) is 6.79. The van der Waals surface area contributed by atoms with Gasteiger partial charge in [0.05, 0.1) is 12.0 Å². The average molecular weight is 342 g/mol. The first kappa shape index (κ1) is 17.0. The highest BCUT2D eigenvalue weighted by Crippen LogP contribution is 2.35. The first-order chi connectivity index (χ1) is 10.3. The fourth-order valence-corrected chi connectivity index (χ4v) is 3.29. The molecular formula is C15H20ClN3O2S. The number of carbonyl (C=O) groups excluding carboxylic acids is 1. The van der Waals surface area contributed by atoms with E-state index in [0.29, 0.717) is 28.1 Å². The number of anilines is 1. The Morgan fingerprint density at radius 3 is 2.59 bits per heavy atom. The van der Waals surface area contributed by atoms with E-state index in [4.69, 9.17) is 16.3 Å². The van der Waals surface area contributed by atoms with Crippen molar-refractivity contribution in [3.8, 4) is 0 Å². The van der Waals surface area contributed by atoms with Gasteiger partial charge in [0.1, 0.15) is 15.5 Å². The number of carbonyl (C=O) groups is 1. The molecule has 2 aromatic heterocycles. The Labute approximate surface area is 139 Å². The molecule has 2 rings (SSSR count). The molecule has 0 unspecified atom stereocenters. The van der Waals surface area contributed by atoms with Crippen molar-refractivity contribution in [3.63, 3.8) is 0 Å². The predicted octanol–water partition coefficient (Wildman–Crippen LogP) is 4.29. The standard InChI is InChI=1S/C15H20ClN3O2S/c1-7(2)6-21-14(20)11-9(5)10-12(17-8(3)4)18-15(16)19-13(10)22-11/h7-8H,6H2,1-5H3,(H,17,18,19). The first-order valence-electron chi connectivity index (χ1n) is 7.19. The fourth-order valence-electron chi connectivity index (χ4n) is 1.99. The van der Waals surface area contributed by atoms with Gasteiger partial charge in [-0.1, -0.05) is 13.8 Å². The molecule has 0 aliphatic carbocycles.